The number of halogens is 3. The number of hydrogen-bond acceptors (Lipinski definition) is 2. The number of rotatable bonds is 3. The maximum Gasteiger partial charge on any atom is 0.168 e. The van der Waals surface area contributed by atoms with Crippen molar-refractivity contribution in [3.8, 4) is 0 Å². The van der Waals surface area contributed by atoms with Gasteiger partial charge in [-0.15, -0.1) is 0 Å². The van der Waals surface area contributed by atoms with E-state index in [9.17, 15) is 13.2 Å². The molecule has 0 radical (unpaired) electrons. The average Bonchev–Trinajstić information content (AvgIpc) is 2.33. The Labute approximate surface area is 102 Å². The first-order chi connectivity index (χ1) is 8.58. The Morgan fingerprint density at radius 2 is 1.83 bits per heavy atom. The van der Waals surface area contributed by atoms with Crippen molar-refractivity contribution in [3.05, 3.63) is 59.5 Å². The van der Waals surface area contributed by atoms with E-state index in [1.54, 1.807) is 25.1 Å². The van der Waals surface area contributed by atoms with Crippen molar-refractivity contribution < 1.29 is 13.2 Å². The van der Waals surface area contributed by atoms with Crippen molar-refractivity contribution in [1.82, 2.24) is 4.98 Å². The normalized spacial score (nSPS) is 12.2. The molecular weight excluding hydrogens is 241 g/mol. The number of nitrogens with zero attached hydrogens (tertiary/aromatic N) is 1. The van der Waals surface area contributed by atoms with Gasteiger partial charge in [-0.05, 0) is 13.0 Å². The highest BCUT2D eigenvalue weighted by molar-refractivity contribution is 5.39. The average molecular weight is 252 g/mol. The van der Waals surface area contributed by atoms with Crippen molar-refractivity contribution in [3.63, 3.8) is 0 Å². The summed E-state index contributed by atoms with van der Waals surface area (Å²) in [7, 11) is 0. The number of hydrogen-bond donors (Lipinski definition) is 1. The van der Waals surface area contributed by atoms with Crippen molar-refractivity contribution >= 4 is 5.82 Å². The molecule has 5 heteroatoms. The number of benzene rings is 1. The van der Waals surface area contributed by atoms with E-state index in [-0.39, 0.29) is 11.6 Å². The molecule has 0 aliphatic heterocycles. The Morgan fingerprint density at radius 1 is 1.11 bits per heavy atom. The van der Waals surface area contributed by atoms with Crippen LogP contribution in [0.5, 0.6) is 0 Å². The van der Waals surface area contributed by atoms with E-state index in [4.69, 9.17) is 0 Å². The molecule has 0 aliphatic carbocycles. The SMILES string of the molecule is CC(Nc1ncc(F)cc1F)c1ccccc1F. The molecule has 0 saturated carbocycles. The fraction of sp³-hybridized carbons (Fsp3) is 0.154. The molecular formula is C13H11F3N2. The Kier molecular flexibility index (Phi) is 3.50. The smallest absolute Gasteiger partial charge is 0.168 e. The van der Waals surface area contributed by atoms with Crippen LogP contribution in [0.2, 0.25) is 0 Å². The summed E-state index contributed by atoms with van der Waals surface area (Å²) >= 11 is 0. The largest absolute Gasteiger partial charge is 0.361 e. The molecule has 0 fully saturated rings. The third-order valence-electron chi connectivity index (χ3n) is 2.53. The van der Waals surface area contributed by atoms with Crippen molar-refractivity contribution in [2.75, 3.05) is 5.32 Å². The summed E-state index contributed by atoms with van der Waals surface area (Å²) in [4.78, 5) is 3.59. The van der Waals surface area contributed by atoms with E-state index >= 15 is 0 Å². The van der Waals surface area contributed by atoms with Gasteiger partial charge in [-0.2, -0.15) is 0 Å². The molecule has 0 saturated heterocycles. The first kappa shape index (κ1) is 12.4. The highest BCUT2D eigenvalue weighted by Crippen LogP contribution is 2.22. The minimum atomic E-state index is -0.807. The van der Waals surface area contributed by atoms with Crippen LogP contribution in [0.15, 0.2) is 36.5 Å². The van der Waals surface area contributed by atoms with E-state index in [0.717, 1.165) is 12.3 Å². The van der Waals surface area contributed by atoms with Crippen molar-refractivity contribution in [1.29, 1.82) is 0 Å². The molecule has 0 spiro atoms. The number of aromatic nitrogens is 1. The summed E-state index contributed by atoms with van der Waals surface area (Å²) in [6, 6.07) is 6.42. The van der Waals surface area contributed by atoms with Crippen LogP contribution < -0.4 is 5.32 Å². The van der Waals surface area contributed by atoms with E-state index in [1.807, 2.05) is 0 Å². The van der Waals surface area contributed by atoms with Gasteiger partial charge in [0.15, 0.2) is 11.6 Å². The molecule has 0 bridgehead atoms. The maximum atomic E-state index is 13.5. The third-order valence-corrected chi connectivity index (χ3v) is 2.53. The molecule has 0 amide bonds. The molecule has 0 aliphatic rings. The van der Waals surface area contributed by atoms with Crippen LogP contribution in [0.4, 0.5) is 19.0 Å². The van der Waals surface area contributed by atoms with Crippen LogP contribution in [-0.4, -0.2) is 4.98 Å². The lowest BCUT2D eigenvalue weighted by molar-refractivity contribution is 0.570. The molecule has 1 aromatic carbocycles. The van der Waals surface area contributed by atoms with Gasteiger partial charge in [-0.25, -0.2) is 18.2 Å². The van der Waals surface area contributed by atoms with Crippen molar-refractivity contribution in [2.24, 2.45) is 0 Å². The second-order valence-corrected chi connectivity index (χ2v) is 3.87. The molecule has 94 valence electrons. The monoisotopic (exact) mass is 252 g/mol. The predicted molar refractivity (Wildman–Crippen MR) is 62.6 cm³/mol. The summed E-state index contributed by atoms with van der Waals surface area (Å²) in [6.45, 7) is 1.67. The summed E-state index contributed by atoms with van der Waals surface area (Å²) < 4.78 is 39.5. The van der Waals surface area contributed by atoms with E-state index in [2.05, 4.69) is 10.3 Å². The second-order valence-electron chi connectivity index (χ2n) is 3.87. The Balaban J connectivity index is 2.21. The molecule has 1 aromatic heterocycles. The van der Waals surface area contributed by atoms with Gasteiger partial charge < -0.3 is 5.32 Å². The number of anilines is 1. The highest BCUT2D eigenvalue weighted by atomic mass is 19.1. The molecule has 1 heterocycles. The summed E-state index contributed by atoms with van der Waals surface area (Å²) in [5.74, 6) is -2.05. The lowest BCUT2D eigenvalue weighted by atomic mass is 10.1. The van der Waals surface area contributed by atoms with E-state index in [0.29, 0.717) is 5.56 Å². The maximum absolute atomic E-state index is 13.5. The van der Waals surface area contributed by atoms with Gasteiger partial charge in [0.1, 0.15) is 11.6 Å². The topological polar surface area (TPSA) is 24.9 Å². The molecule has 1 unspecified atom stereocenters. The van der Waals surface area contributed by atoms with Gasteiger partial charge in [0.05, 0.1) is 12.2 Å². The van der Waals surface area contributed by atoms with Crippen LogP contribution >= 0.6 is 0 Å². The minimum absolute atomic E-state index is 0.104. The Bertz CT molecular complexity index is 558. The zero-order valence-electron chi connectivity index (χ0n) is 9.62. The summed E-state index contributed by atoms with van der Waals surface area (Å²) in [5.41, 5.74) is 0.392. The third kappa shape index (κ3) is 2.61. The van der Waals surface area contributed by atoms with Crippen LogP contribution in [0.25, 0.3) is 0 Å². The lowest BCUT2D eigenvalue weighted by Crippen LogP contribution is -2.11. The molecule has 1 atom stereocenters. The van der Waals surface area contributed by atoms with Gasteiger partial charge in [-0.1, -0.05) is 18.2 Å². The molecule has 1 N–H and O–H groups in total. The molecule has 2 rings (SSSR count). The van der Waals surface area contributed by atoms with Gasteiger partial charge in [0, 0.05) is 11.6 Å². The minimum Gasteiger partial charge on any atom is -0.361 e. The van der Waals surface area contributed by atoms with Gasteiger partial charge >= 0.3 is 0 Å². The van der Waals surface area contributed by atoms with Crippen molar-refractivity contribution in [2.45, 2.75) is 13.0 Å². The Hall–Kier alpha value is -2.04. The van der Waals surface area contributed by atoms with E-state index in [1.165, 1.54) is 6.07 Å². The summed E-state index contributed by atoms with van der Waals surface area (Å²) in [6.07, 6.45) is 0.902. The van der Waals surface area contributed by atoms with Gasteiger partial charge in [-0.3, -0.25) is 0 Å². The predicted octanol–water partition coefficient (Wildman–Crippen LogP) is 3.67. The Morgan fingerprint density at radius 3 is 2.50 bits per heavy atom. The first-order valence-electron chi connectivity index (χ1n) is 5.40. The van der Waals surface area contributed by atoms with Crippen LogP contribution in [-0.2, 0) is 0 Å². The number of pyridine rings is 1. The fourth-order valence-electron chi connectivity index (χ4n) is 1.63. The van der Waals surface area contributed by atoms with Crippen LogP contribution in [0.1, 0.15) is 18.5 Å². The first-order valence-corrected chi connectivity index (χ1v) is 5.40. The zero-order chi connectivity index (χ0) is 13.1. The molecule has 2 nitrogen and oxygen atoms in total. The zero-order valence-corrected chi connectivity index (χ0v) is 9.62. The number of nitrogens with one attached hydrogen (secondary N) is 1. The fourth-order valence-corrected chi connectivity index (χ4v) is 1.63. The highest BCUT2D eigenvalue weighted by Gasteiger charge is 2.13. The van der Waals surface area contributed by atoms with Gasteiger partial charge in [0.25, 0.3) is 0 Å². The second kappa shape index (κ2) is 5.08. The quantitative estimate of drug-likeness (QED) is 0.901. The molecule has 18 heavy (non-hydrogen) atoms. The van der Waals surface area contributed by atoms with Crippen LogP contribution in [0, 0.1) is 17.5 Å². The molecule has 2 aromatic rings. The van der Waals surface area contributed by atoms with Crippen LogP contribution in [0.3, 0.4) is 0 Å². The standard InChI is InChI=1S/C13H11F3N2/c1-8(10-4-2-3-5-11(10)15)18-13-12(16)6-9(14)7-17-13/h2-8H,1H3,(H,17,18). The van der Waals surface area contributed by atoms with Gasteiger partial charge in [0.2, 0.25) is 0 Å². The van der Waals surface area contributed by atoms with E-state index < -0.39 is 17.7 Å². The summed E-state index contributed by atoms with van der Waals surface area (Å²) in [5, 5.41) is 2.70. The lowest BCUT2D eigenvalue weighted by Gasteiger charge is -2.15.